The van der Waals surface area contributed by atoms with Crippen LogP contribution in [0.25, 0.3) is 0 Å². The highest BCUT2D eigenvalue weighted by Crippen LogP contribution is 2.44. The second-order valence-corrected chi connectivity index (χ2v) is 8.67. The molecule has 1 N–H and O–H groups in total. The lowest BCUT2D eigenvalue weighted by Gasteiger charge is -2.25. The van der Waals surface area contributed by atoms with E-state index in [0.29, 0.717) is 10.5 Å². The molecule has 1 saturated heterocycles. The lowest BCUT2D eigenvalue weighted by atomic mass is 10.3. The molecule has 0 bridgehead atoms. The molecule has 1 aromatic rings. The highest BCUT2D eigenvalue weighted by molar-refractivity contribution is 8.06. The van der Waals surface area contributed by atoms with Crippen molar-refractivity contribution in [3.8, 4) is 0 Å². The largest absolute Gasteiger partial charge is 0.312 e. The normalized spacial score (nSPS) is 23.7. The molecule has 0 aromatic carbocycles. The topological polar surface area (TPSA) is 24.9 Å². The summed E-state index contributed by atoms with van der Waals surface area (Å²) in [6.07, 6.45) is 2.25. The maximum atomic E-state index is 4.93. The third kappa shape index (κ3) is 4.13. The van der Waals surface area contributed by atoms with Gasteiger partial charge in [-0.05, 0) is 19.4 Å². The van der Waals surface area contributed by atoms with Gasteiger partial charge in [-0.1, -0.05) is 20.8 Å². The Morgan fingerprint density at radius 2 is 2.05 bits per heavy atom. The molecule has 0 amide bonds. The minimum Gasteiger partial charge on any atom is -0.312 e. The van der Waals surface area contributed by atoms with Crippen LogP contribution in [-0.4, -0.2) is 28.3 Å². The van der Waals surface area contributed by atoms with E-state index in [9.17, 15) is 0 Å². The summed E-state index contributed by atoms with van der Waals surface area (Å²) in [4.78, 5) is 6.38. The van der Waals surface area contributed by atoms with Crippen LogP contribution in [0.3, 0.4) is 0 Å². The van der Waals surface area contributed by atoms with E-state index < -0.39 is 0 Å². The van der Waals surface area contributed by atoms with Crippen molar-refractivity contribution in [1.82, 2.24) is 10.3 Å². The van der Waals surface area contributed by atoms with Crippen LogP contribution < -0.4 is 5.32 Å². The van der Waals surface area contributed by atoms with Crippen LogP contribution in [0.2, 0.25) is 0 Å². The molecule has 2 unspecified atom stereocenters. The highest BCUT2D eigenvalue weighted by Gasteiger charge is 2.27. The molecule has 5 heteroatoms. The first-order valence-corrected chi connectivity index (χ1v) is 10.1. The first-order valence-electron chi connectivity index (χ1n) is 7.18. The molecule has 0 saturated carbocycles. The van der Waals surface area contributed by atoms with Gasteiger partial charge in [-0.25, -0.2) is 4.98 Å². The Bertz CT molecular complexity index is 392. The average molecular weight is 317 g/mol. The molecular formula is C14H24N2S3. The Morgan fingerprint density at radius 3 is 2.74 bits per heavy atom. The second kappa shape index (κ2) is 7.91. The zero-order valence-electron chi connectivity index (χ0n) is 12.1. The van der Waals surface area contributed by atoms with Crippen molar-refractivity contribution in [3.63, 3.8) is 0 Å². The third-order valence-corrected chi connectivity index (χ3v) is 7.70. The Kier molecular flexibility index (Phi) is 6.53. The average Bonchev–Trinajstić information content (AvgIpc) is 2.83. The molecule has 1 fully saturated rings. The van der Waals surface area contributed by atoms with Crippen LogP contribution in [0.1, 0.15) is 48.0 Å². The van der Waals surface area contributed by atoms with E-state index >= 15 is 0 Å². The van der Waals surface area contributed by atoms with Gasteiger partial charge in [0.1, 0.15) is 5.01 Å². The van der Waals surface area contributed by atoms with E-state index in [1.165, 1.54) is 33.5 Å². The van der Waals surface area contributed by atoms with E-state index in [1.54, 1.807) is 0 Å². The van der Waals surface area contributed by atoms with Gasteiger partial charge in [0.2, 0.25) is 0 Å². The molecular weight excluding hydrogens is 292 g/mol. The maximum Gasteiger partial charge on any atom is 0.107 e. The molecule has 1 aliphatic rings. The van der Waals surface area contributed by atoms with Gasteiger partial charge in [-0.2, -0.15) is 11.8 Å². The van der Waals surface area contributed by atoms with Crippen LogP contribution in [0.15, 0.2) is 0 Å². The summed E-state index contributed by atoms with van der Waals surface area (Å²) in [5.41, 5.74) is 1.31. The van der Waals surface area contributed by atoms with Crippen LogP contribution >= 0.6 is 34.9 Å². The third-order valence-electron chi connectivity index (χ3n) is 3.27. The van der Waals surface area contributed by atoms with Gasteiger partial charge >= 0.3 is 0 Å². The zero-order chi connectivity index (χ0) is 13.7. The Morgan fingerprint density at radius 1 is 1.26 bits per heavy atom. The molecule has 0 aliphatic carbocycles. The minimum absolute atomic E-state index is 0.606. The fourth-order valence-electron chi connectivity index (χ4n) is 2.22. The van der Waals surface area contributed by atoms with E-state index in [1.807, 2.05) is 11.3 Å². The van der Waals surface area contributed by atoms with Gasteiger partial charge in [0.05, 0.1) is 10.9 Å². The summed E-state index contributed by atoms with van der Waals surface area (Å²) < 4.78 is 0. The SMILES string of the molecule is CCCNCc1sc(C2SCCSC2C)nc1CC. The van der Waals surface area contributed by atoms with Gasteiger partial charge in [0.15, 0.2) is 0 Å². The van der Waals surface area contributed by atoms with Crippen molar-refractivity contribution in [2.45, 2.75) is 50.7 Å². The number of thioether (sulfide) groups is 2. The van der Waals surface area contributed by atoms with Gasteiger partial charge in [-0.3, -0.25) is 0 Å². The lowest BCUT2D eigenvalue weighted by molar-refractivity contribution is 0.676. The van der Waals surface area contributed by atoms with Crippen LogP contribution in [0.4, 0.5) is 0 Å². The summed E-state index contributed by atoms with van der Waals surface area (Å²) >= 11 is 6.12. The molecule has 1 aromatic heterocycles. The maximum absolute atomic E-state index is 4.93. The van der Waals surface area contributed by atoms with E-state index in [0.717, 1.165) is 19.5 Å². The molecule has 2 rings (SSSR count). The lowest BCUT2D eigenvalue weighted by Crippen LogP contribution is -2.15. The molecule has 2 atom stereocenters. The number of nitrogens with one attached hydrogen (secondary N) is 1. The molecule has 1 aliphatic heterocycles. The number of hydrogen-bond donors (Lipinski definition) is 1. The molecule has 2 nitrogen and oxygen atoms in total. The number of thiazole rings is 1. The van der Waals surface area contributed by atoms with Gasteiger partial charge < -0.3 is 5.32 Å². The predicted octanol–water partition coefficient (Wildman–Crippen LogP) is 4.11. The fraction of sp³-hybridized carbons (Fsp3) is 0.786. The first-order chi connectivity index (χ1) is 9.26. The van der Waals surface area contributed by atoms with Crippen molar-refractivity contribution in [2.24, 2.45) is 0 Å². The predicted molar refractivity (Wildman–Crippen MR) is 90.6 cm³/mol. The van der Waals surface area contributed by atoms with Gasteiger partial charge in [0.25, 0.3) is 0 Å². The number of aryl methyl sites for hydroxylation is 1. The van der Waals surface area contributed by atoms with Gasteiger partial charge in [0, 0.05) is 28.2 Å². The first kappa shape index (κ1) is 15.7. The number of nitrogens with zero attached hydrogens (tertiary/aromatic N) is 1. The Hall–Kier alpha value is 0.290. The molecule has 2 heterocycles. The Balaban J connectivity index is 2.08. The van der Waals surface area contributed by atoms with E-state index in [2.05, 4.69) is 49.6 Å². The molecule has 19 heavy (non-hydrogen) atoms. The van der Waals surface area contributed by atoms with E-state index in [4.69, 9.17) is 4.98 Å². The van der Waals surface area contributed by atoms with Crippen molar-refractivity contribution in [2.75, 3.05) is 18.1 Å². The van der Waals surface area contributed by atoms with Crippen LogP contribution in [-0.2, 0) is 13.0 Å². The summed E-state index contributed by atoms with van der Waals surface area (Å²) in [6, 6.07) is 0. The molecule has 0 spiro atoms. The van der Waals surface area contributed by atoms with Gasteiger partial charge in [-0.15, -0.1) is 23.1 Å². The number of aromatic nitrogens is 1. The quantitative estimate of drug-likeness (QED) is 0.798. The van der Waals surface area contributed by atoms with Crippen LogP contribution in [0, 0.1) is 0 Å². The van der Waals surface area contributed by atoms with Crippen molar-refractivity contribution < 1.29 is 0 Å². The second-order valence-electron chi connectivity index (χ2n) is 4.82. The Labute approximate surface area is 129 Å². The molecule has 108 valence electrons. The monoisotopic (exact) mass is 316 g/mol. The minimum atomic E-state index is 0.606. The van der Waals surface area contributed by atoms with E-state index in [-0.39, 0.29) is 0 Å². The zero-order valence-corrected chi connectivity index (χ0v) is 14.5. The smallest absolute Gasteiger partial charge is 0.107 e. The summed E-state index contributed by atoms with van der Waals surface area (Å²) in [5.74, 6) is 2.56. The van der Waals surface area contributed by atoms with Crippen molar-refractivity contribution in [1.29, 1.82) is 0 Å². The summed E-state index contributed by atoms with van der Waals surface area (Å²) in [5, 5.41) is 6.17. The number of rotatable bonds is 6. The standard InChI is InChI=1S/C14H24N2S3/c1-4-6-15-9-12-11(5-2)16-14(19-12)13-10(3)17-7-8-18-13/h10,13,15H,4-9H2,1-3H3. The fourth-order valence-corrected chi connectivity index (χ4v) is 6.50. The van der Waals surface area contributed by atoms with Crippen molar-refractivity contribution >= 4 is 34.9 Å². The number of hydrogen-bond acceptors (Lipinski definition) is 5. The summed E-state index contributed by atoms with van der Waals surface area (Å²) in [7, 11) is 0. The molecule has 0 radical (unpaired) electrons. The summed E-state index contributed by atoms with van der Waals surface area (Å²) in [6.45, 7) is 8.87. The van der Waals surface area contributed by atoms with Crippen LogP contribution in [0.5, 0.6) is 0 Å². The highest BCUT2D eigenvalue weighted by atomic mass is 32.2. The van der Waals surface area contributed by atoms with Crippen molar-refractivity contribution in [3.05, 3.63) is 15.6 Å².